The average molecular weight is 346 g/mol. The molecule has 0 spiro atoms. The number of piperidine rings is 1. The molecule has 2 saturated heterocycles. The second-order valence-corrected chi connectivity index (χ2v) is 8.32. The van der Waals surface area contributed by atoms with Crippen LogP contribution in [0.15, 0.2) is 4.99 Å². The molecule has 8 heteroatoms. The molecule has 0 bridgehead atoms. The molecule has 2 aliphatic heterocycles. The van der Waals surface area contributed by atoms with Crippen LogP contribution in [0.5, 0.6) is 0 Å². The van der Waals surface area contributed by atoms with E-state index < -0.39 is 10.0 Å². The van der Waals surface area contributed by atoms with Crippen LogP contribution < -0.4 is 10.6 Å². The summed E-state index contributed by atoms with van der Waals surface area (Å²) in [7, 11) is -3.05. The van der Waals surface area contributed by atoms with Crippen molar-refractivity contribution in [2.45, 2.75) is 38.7 Å². The highest BCUT2D eigenvalue weighted by molar-refractivity contribution is 7.88. The van der Waals surface area contributed by atoms with E-state index in [-0.39, 0.29) is 6.10 Å². The fourth-order valence-corrected chi connectivity index (χ4v) is 3.88. The standard InChI is InChI=1S/C15H30N4O3S/c1-3-16-15(18-12-14-5-4-10-22-14)17-11-13-6-8-19(9-7-13)23(2,20)21/h13-14H,3-12H2,1-2H3,(H2,16,17,18). The molecule has 2 fully saturated rings. The van der Waals surface area contributed by atoms with Crippen LogP contribution in [-0.4, -0.2) is 70.4 Å². The minimum absolute atomic E-state index is 0.289. The van der Waals surface area contributed by atoms with Gasteiger partial charge in [0.1, 0.15) is 0 Å². The van der Waals surface area contributed by atoms with Gasteiger partial charge < -0.3 is 15.4 Å². The van der Waals surface area contributed by atoms with Crippen molar-refractivity contribution in [2.75, 3.05) is 45.6 Å². The van der Waals surface area contributed by atoms with Crippen LogP contribution in [-0.2, 0) is 14.8 Å². The number of hydrogen-bond donors (Lipinski definition) is 2. The first-order valence-corrected chi connectivity index (χ1v) is 10.4. The van der Waals surface area contributed by atoms with Crippen LogP contribution in [0.25, 0.3) is 0 Å². The molecule has 0 radical (unpaired) electrons. The summed E-state index contributed by atoms with van der Waals surface area (Å²) in [5.41, 5.74) is 0. The van der Waals surface area contributed by atoms with E-state index in [2.05, 4.69) is 15.6 Å². The molecule has 0 aromatic rings. The number of hydrogen-bond acceptors (Lipinski definition) is 4. The second-order valence-electron chi connectivity index (χ2n) is 6.34. The molecule has 0 aromatic heterocycles. The normalized spacial score (nSPS) is 24.8. The van der Waals surface area contributed by atoms with Crippen molar-refractivity contribution in [2.24, 2.45) is 10.9 Å². The SMILES string of the molecule is CCNC(=NCC1CCN(S(C)(=O)=O)CC1)NCC1CCCO1. The molecule has 7 nitrogen and oxygen atoms in total. The van der Waals surface area contributed by atoms with Gasteiger partial charge in [0, 0.05) is 39.3 Å². The molecule has 0 aromatic carbocycles. The quantitative estimate of drug-likeness (QED) is 0.537. The minimum atomic E-state index is -3.05. The smallest absolute Gasteiger partial charge is 0.211 e. The van der Waals surface area contributed by atoms with E-state index in [1.807, 2.05) is 6.92 Å². The summed E-state index contributed by atoms with van der Waals surface area (Å²) in [6.07, 6.45) is 5.57. The van der Waals surface area contributed by atoms with Gasteiger partial charge in [0.2, 0.25) is 10.0 Å². The molecule has 23 heavy (non-hydrogen) atoms. The first-order chi connectivity index (χ1) is 11.0. The zero-order valence-corrected chi connectivity index (χ0v) is 15.1. The molecular formula is C15H30N4O3S. The molecule has 0 aliphatic carbocycles. The molecule has 2 aliphatic rings. The third-order valence-corrected chi connectivity index (χ3v) is 5.72. The molecule has 0 saturated carbocycles. The van der Waals surface area contributed by atoms with E-state index in [0.717, 1.165) is 57.9 Å². The van der Waals surface area contributed by atoms with Crippen molar-refractivity contribution in [3.63, 3.8) is 0 Å². The lowest BCUT2D eigenvalue weighted by molar-refractivity contribution is 0.114. The van der Waals surface area contributed by atoms with Crippen molar-refractivity contribution >= 4 is 16.0 Å². The van der Waals surface area contributed by atoms with Crippen LogP contribution in [0.3, 0.4) is 0 Å². The number of aliphatic imine (C=N–C) groups is 1. The van der Waals surface area contributed by atoms with E-state index in [9.17, 15) is 8.42 Å². The Morgan fingerprint density at radius 2 is 2.00 bits per heavy atom. The Morgan fingerprint density at radius 3 is 2.57 bits per heavy atom. The fraction of sp³-hybridized carbons (Fsp3) is 0.933. The maximum atomic E-state index is 11.5. The summed E-state index contributed by atoms with van der Waals surface area (Å²) in [6, 6.07) is 0. The van der Waals surface area contributed by atoms with Crippen LogP contribution >= 0.6 is 0 Å². The van der Waals surface area contributed by atoms with Crippen molar-refractivity contribution in [1.82, 2.24) is 14.9 Å². The minimum Gasteiger partial charge on any atom is -0.376 e. The lowest BCUT2D eigenvalue weighted by Crippen LogP contribution is -2.42. The van der Waals surface area contributed by atoms with Gasteiger partial charge in [-0.15, -0.1) is 0 Å². The maximum absolute atomic E-state index is 11.5. The Labute approximate surface area is 139 Å². The zero-order valence-electron chi connectivity index (χ0n) is 14.3. The highest BCUT2D eigenvalue weighted by Crippen LogP contribution is 2.19. The second kappa shape index (κ2) is 8.84. The number of nitrogens with one attached hydrogen (secondary N) is 2. The van der Waals surface area contributed by atoms with Crippen molar-refractivity contribution < 1.29 is 13.2 Å². The predicted molar refractivity (Wildman–Crippen MR) is 92.1 cm³/mol. The largest absolute Gasteiger partial charge is 0.376 e. The van der Waals surface area contributed by atoms with Gasteiger partial charge in [0.15, 0.2) is 5.96 Å². The molecule has 0 amide bonds. The first-order valence-electron chi connectivity index (χ1n) is 8.58. The summed E-state index contributed by atoms with van der Waals surface area (Å²) in [5, 5.41) is 6.60. The third kappa shape index (κ3) is 6.27. The van der Waals surface area contributed by atoms with E-state index >= 15 is 0 Å². The van der Waals surface area contributed by atoms with Crippen LogP contribution in [0, 0.1) is 5.92 Å². The topological polar surface area (TPSA) is 83.0 Å². The molecule has 1 unspecified atom stereocenters. The van der Waals surface area contributed by atoms with Gasteiger partial charge in [-0.25, -0.2) is 12.7 Å². The summed E-state index contributed by atoms with van der Waals surface area (Å²) in [4.78, 5) is 4.66. The highest BCUT2D eigenvalue weighted by Gasteiger charge is 2.24. The van der Waals surface area contributed by atoms with E-state index in [4.69, 9.17) is 4.74 Å². The Hall–Kier alpha value is -0.860. The van der Waals surface area contributed by atoms with Crippen LogP contribution in [0.2, 0.25) is 0 Å². The van der Waals surface area contributed by atoms with Crippen molar-refractivity contribution in [3.05, 3.63) is 0 Å². The molecule has 1 atom stereocenters. The average Bonchev–Trinajstić information content (AvgIpc) is 3.03. The monoisotopic (exact) mass is 346 g/mol. The third-order valence-electron chi connectivity index (χ3n) is 4.42. The molecule has 134 valence electrons. The van der Waals surface area contributed by atoms with E-state index in [1.54, 1.807) is 4.31 Å². The van der Waals surface area contributed by atoms with Crippen LogP contribution in [0.4, 0.5) is 0 Å². The molecular weight excluding hydrogens is 316 g/mol. The Morgan fingerprint density at radius 1 is 1.26 bits per heavy atom. The number of ether oxygens (including phenoxy) is 1. The lowest BCUT2D eigenvalue weighted by Gasteiger charge is -2.29. The maximum Gasteiger partial charge on any atom is 0.211 e. The predicted octanol–water partition coefficient (Wildman–Crippen LogP) is 0.392. The van der Waals surface area contributed by atoms with Gasteiger partial charge >= 0.3 is 0 Å². The number of rotatable bonds is 6. The summed E-state index contributed by atoms with van der Waals surface area (Å²) in [5.74, 6) is 1.28. The van der Waals surface area contributed by atoms with Gasteiger partial charge in [0.25, 0.3) is 0 Å². The molecule has 2 heterocycles. The first kappa shape index (κ1) is 18.5. The van der Waals surface area contributed by atoms with Crippen LogP contribution in [0.1, 0.15) is 32.6 Å². The Bertz CT molecular complexity index is 481. The Kier molecular flexibility index (Phi) is 7.10. The lowest BCUT2D eigenvalue weighted by atomic mass is 9.98. The number of guanidine groups is 1. The zero-order chi connectivity index (χ0) is 16.7. The molecule has 2 rings (SSSR count). The fourth-order valence-electron chi connectivity index (χ4n) is 3.00. The van der Waals surface area contributed by atoms with E-state index in [0.29, 0.717) is 19.0 Å². The number of nitrogens with zero attached hydrogens (tertiary/aromatic N) is 2. The van der Waals surface area contributed by atoms with Crippen molar-refractivity contribution in [3.8, 4) is 0 Å². The van der Waals surface area contributed by atoms with Gasteiger partial charge in [0.05, 0.1) is 12.4 Å². The van der Waals surface area contributed by atoms with E-state index in [1.165, 1.54) is 6.26 Å². The summed E-state index contributed by atoms with van der Waals surface area (Å²) >= 11 is 0. The van der Waals surface area contributed by atoms with Gasteiger partial charge in [-0.3, -0.25) is 4.99 Å². The summed E-state index contributed by atoms with van der Waals surface area (Å²) < 4.78 is 30.2. The highest BCUT2D eigenvalue weighted by atomic mass is 32.2. The van der Waals surface area contributed by atoms with Gasteiger partial charge in [-0.1, -0.05) is 0 Å². The van der Waals surface area contributed by atoms with Crippen molar-refractivity contribution in [1.29, 1.82) is 0 Å². The molecule has 2 N–H and O–H groups in total. The van der Waals surface area contributed by atoms with Gasteiger partial charge in [-0.05, 0) is 38.5 Å². The number of sulfonamides is 1. The summed E-state index contributed by atoms with van der Waals surface area (Å²) in [6.45, 7) is 6.48. The Balaban J connectivity index is 1.76. The van der Waals surface area contributed by atoms with Gasteiger partial charge in [-0.2, -0.15) is 0 Å².